The average molecular weight is 302 g/mol. The van der Waals surface area contributed by atoms with E-state index in [1.54, 1.807) is 0 Å². The maximum absolute atomic E-state index is 12.7. The van der Waals surface area contributed by atoms with Crippen molar-refractivity contribution in [2.24, 2.45) is 11.1 Å². The molecule has 0 fully saturated rings. The van der Waals surface area contributed by atoms with E-state index in [9.17, 15) is 13.2 Å². The quantitative estimate of drug-likeness (QED) is 0.790. The second-order valence-corrected chi connectivity index (χ2v) is 5.49. The predicted molar refractivity (Wildman–Crippen MR) is 70.1 cm³/mol. The number of nitrogens with two attached hydrogens (primary N) is 1. The summed E-state index contributed by atoms with van der Waals surface area (Å²) in [4.78, 5) is 0. The van der Waals surface area contributed by atoms with Gasteiger partial charge < -0.3 is 5.73 Å². The van der Waals surface area contributed by atoms with E-state index in [0.29, 0.717) is 5.56 Å². The van der Waals surface area contributed by atoms with E-state index < -0.39 is 17.8 Å². The maximum atomic E-state index is 12.7. The van der Waals surface area contributed by atoms with Crippen LogP contribution in [0, 0.1) is 5.41 Å². The lowest BCUT2D eigenvalue weighted by Crippen LogP contribution is -2.26. The fourth-order valence-electron chi connectivity index (χ4n) is 1.45. The fourth-order valence-corrected chi connectivity index (χ4v) is 1.68. The van der Waals surface area contributed by atoms with E-state index in [1.165, 1.54) is 12.1 Å². The first kappa shape index (κ1) is 17.6. The highest BCUT2D eigenvalue weighted by atomic mass is 35.5. The minimum Gasteiger partial charge on any atom is -0.324 e. The summed E-state index contributed by atoms with van der Waals surface area (Å²) >= 11 is 5.54. The van der Waals surface area contributed by atoms with Gasteiger partial charge in [-0.25, -0.2) is 0 Å². The second-order valence-electron chi connectivity index (χ2n) is 5.08. The average Bonchev–Trinajstić information content (AvgIpc) is 2.14. The molecule has 1 aromatic carbocycles. The van der Waals surface area contributed by atoms with Crippen LogP contribution in [0.3, 0.4) is 0 Å². The lowest BCUT2D eigenvalue weighted by molar-refractivity contribution is -0.137. The summed E-state index contributed by atoms with van der Waals surface area (Å²) in [5.41, 5.74) is 5.22. The monoisotopic (exact) mass is 301 g/mol. The molecule has 18 heavy (non-hydrogen) atoms. The third-order valence-electron chi connectivity index (χ3n) is 2.59. The molecule has 104 valence electrons. The first-order valence-electron chi connectivity index (χ1n) is 5.15. The molecule has 0 heterocycles. The van der Waals surface area contributed by atoms with E-state index >= 15 is 0 Å². The molecule has 0 aliphatic rings. The molecule has 0 unspecified atom stereocenters. The normalized spacial score (nSPS) is 14.0. The Kier molecular flexibility index (Phi) is 5.54. The topological polar surface area (TPSA) is 26.0 Å². The van der Waals surface area contributed by atoms with Crippen molar-refractivity contribution in [2.45, 2.75) is 33.0 Å². The molecule has 1 aromatic rings. The smallest absolute Gasteiger partial charge is 0.324 e. The number of rotatable bonds is 1. The van der Waals surface area contributed by atoms with Crippen LogP contribution in [-0.4, -0.2) is 0 Å². The molecule has 0 radical (unpaired) electrons. The Morgan fingerprint density at radius 3 is 2.06 bits per heavy atom. The Morgan fingerprint density at radius 1 is 1.17 bits per heavy atom. The Hall–Kier alpha value is -0.450. The molecule has 6 heteroatoms. The highest BCUT2D eigenvalue weighted by Gasteiger charge is 2.34. The zero-order chi connectivity index (χ0) is 13.4. The molecule has 1 nitrogen and oxygen atoms in total. The van der Waals surface area contributed by atoms with Crippen molar-refractivity contribution in [2.75, 3.05) is 0 Å². The van der Waals surface area contributed by atoms with Gasteiger partial charge in [0.15, 0.2) is 0 Å². The molecule has 0 spiro atoms. The van der Waals surface area contributed by atoms with Gasteiger partial charge in [-0.2, -0.15) is 13.2 Å². The van der Waals surface area contributed by atoms with Gasteiger partial charge in [-0.05, 0) is 23.1 Å². The lowest BCUT2D eigenvalue weighted by Gasteiger charge is -2.28. The van der Waals surface area contributed by atoms with Gasteiger partial charge in [0, 0.05) is 6.04 Å². The standard InChI is InChI=1S/C12H15ClF3N.ClH/c1-11(2,3)10(17)7-4-5-9(13)8(6-7)12(14,15)16;/h4-6,10H,17H2,1-3H3;1H/t10-;/m0./s1. The summed E-state index contributed by atoms with van der Waals surface area (Å²) in [5, 5.41) is -0.303. The third kappa shape index (κ3) is 4.04. The first-order chi connectivity index (χ1) is 7.53. The van der Waals surface area contributed by atoms with Gasteiger partial charge in [0.25, 0.3) is 0 Å². The number of alkyl halides is 3. The molecule has 0 aliphatic heterocycles. The van der Waals surface area contributed by atoms with Crippen LogP contribution in [0.25, 0.3) is 0 Å². The zero-order valence-electron chi connectivity index (χ0n) is 10.3. The Bertz CT molecular complexity index is 411. The Balaban J connectivity index is 0.00000289. The second kappa shape index (κ2) is 5.68. The van der Waals surface area contributed by atoms with Crippen LogP contribution >= 0.6 is 24.0 Å². The summed E-state index contributed by atoms with van der Waals surface area (Å²) in [6.07, 6.45) is -4.45. The molecule has 0 amide bonds. The van der Waals surface area contributed by atoms with Gasteiger partial charge in [-0.3, -0.25) is 0 Å². The Labute approximate surface area is 116 Å². The number of hydrogen-bond donors (Lipinski definition) is 1. The summed E-state index contributed by atoms with van der Waals surface area (Å²) in [7, 11) is 0. The fraction of sp³-hybridized carbons (Fsp3) is 0.500. The molecule has 2 N–H and O–H groups in total. The number of benzene rings is 1. The van der Waals surface area contributed by atoms with Crippen LogP contribution in [0.4, 0.5) is 13.2 Å². The van der Waals surface area contributed by atoms with Gasteiger partial charge in [0.2, 0.25) is 0 Å². The molecule has 0 aromatic heterocycles. The lowest BCUT2D eigenvalue weighted by atomic mass is 9.82. The number of hydrogen-bond acceptors (Lipinski definition) is 1. The van der Waals surface area contributed by atoms with Crippen LogP contribution < -0.4 is 5.73 Å². The van der Waals surface area contributed by atoms with E-state index in [4.69, 9.17) is 17.3 Å². The van der Waals surface area contributed by atoms with Gasteiger partial charge >= 0.3 is 6.18 Å². The van der Waals surface area contributed by atoms with Crippen molar-refractivity contribution in [3.63, 3.8) is 0 Å². The molecular weight excluding hydrogens is 286 g/mol. The van der Waals surface area contributed by atoms with Crippen molar-refractivity contribution in [3.8, 4) is 0 Å². The van der Waals surface area contributed by atoms with Gasteiger partial charge in [0.05, 0.1) is 10.6 Å². The summed E-state index contributed by atoms with van der Waals surface area (Å²) in [6.45, 7) is 5.62. The van der Waals surface area contributed by atoms with Crippen LogP contribution in [0.1, 0.15) is 37.9 Å². The zero-order valence-corrected chi connectivity index (χ0v) is 11.9. The van der Waals surface area contributed by atoms with Crippen LogP contribution in [0.15, 0.2) is 18.2 Å². The van der Waals surface area contributed by atoms with Gasteiger partial charge in [0.1, 0.15) is 0 Å². The van der Waals surface area contributed by atoms with Crippen molar-refractivity contribution in [1.29, 1.82) is 0 Å². The minimum absolute atomic E-state index is 0. The molecule has 1 atom stereocenters. The largest absolute Gasteiger partial charge is 0.417 e. The minimum atomic E-state index is -4.45. The Morgan fingerprint density at radius 2 is 1.67 bits per heavy atom. The summed E-state index contributed by atoms with van der Waals surface area (Å²) in [5.74, 6) is 0. The summed E-state index contributed by atoms with van der Waals surface area (Å²) < 4.78 is 38.0. The van der Waals surface area contributed by atoms with E-state index in [-0.39, 0.29) is 22.8 Å². The van der Waals surface area contributed by atoms with E-state index in [0.717, 1.165) is 6.07 Å². The summed E-state index contributed by atoms with van der Waals surface area (Å²) in [6, 6.07) is 3.33. The number of halogens is 5. The van der Waals surface area contributed by atoms with Crippen molar-refractivity contribution < 1.29 is 13.2 Å². The van der Waals surface area contributed by atoms with Gasteiger partial charge in [-0.15, -0.1) is 12.4 Å². The van der Waals surface area contributed by atoms with Crippen molar-refractivity contribution >= 4 is 24.0 Å². The molecular formula is C12H16Cl2F3N. The van der Waals surface area contributed by atoms with Crippen LogP contribution in [0.5, 0.6) is 0 Å². The molecule has 0 aliphatic carbocycles. The predicted octanol–water partition coefficient (Wildman–Crippen LogP) is 4.83. The highest BCUT2D eigenvalue weighted by Crippen LogP contribution is 2.38. The van der Waals surface area contributed by atoms with Crippen molar-refractivity contribution in [1.82, 2.24) is 0 Å². The highest BCUT2D eigenvalue weighted by molar-refractivity contribution is 6.31. The SMILES string of the molecule is CC(C)(C)[C@@H](N)c1ccc(Cl)c(C(F)(F)F)c1.Cl. The van der Waals surface area contributed by atoms with Crippen molar-refractivity contribution in [3.05, 3.63) is 34.3 Å². The van der Waals surface area contributed by atoms with Crippen LogP contribution in [0.2, 0.25) is 5.02 Å². The maximum Gasteiger partial charge on any atom is 0.417 e. The molecule has 0 saturated carbocycles. The molecule has 0 saturated heterocycles. The van der Waals surface area contributed by atoms with E-state index in [1.807, 2.05) is 20.8 Å². The molecule has 1 rings (SSSR count). The third-order valence-corrected chi connectivity index (χ3v) is 2.92. The van der Waals surface area contributed by atoms with Gasteiger partial charge in [-0.1, -0.05) is 38.4 Å². The van der Waals surface area contributed by atoms with E-state index in [2.05, 4.69) is 0 Å². The van der Waals surface area contributed by atoms with Crippen LogP contribution in [-0.2, 0) is 6.18 Å². The molecule has 0 bridgehead atoms. The first-order valence-corrected chi connectivity index (χ1v) is 5.53.